The molecule has 6 nitrogen and oxygen atoms in total. The van der Waals surface area contributed by atoms with Gasteiger partial charge in [-0.3, -0.25) is 4.79 Å². The van der Waals surface area contributed by atoms with Gasteiger partial charge in [0.25, 0.3) is 0 Å². The number of furan rings is 1. The van der Waals surface area contributed by atoms with Gasteiger partial charge in [-0.05, 0) is 12.1 Å². The topological polar surface area (TPSA) is 73.0 Å². The van der Waals surface area contributed by atoms with Crippen LogP contribution in [0.4, 0.5) is 0 Å². The van der Waals surface area contributed by atoms with Gasteiger partial charge in [0.2, 0.25) is 5.78 Å². The van der Waals surface area contributed by atoms with E-state index in [1.165, 1.54) is 0 Å². The van der Waals surface area contributed by atoms with Crippen molar-refractivity contribution in [3.63, 3.8) is 0 Å². The van der Waals surface area contributed by atoms with Crippen molar-refractivity contribution in [2.75, 3.05) is 13.1 Å². The van der Waals surface area contributed by atoms with Crippen molar-refractivity contribution in [3.8, 4) is 0 Å². The number of rotatable bonds is 3. The highest BCUT2D eigenvalue weighted by atomic mass is 35.5. The molecule has 1 aliphatic heterocycles. The molecule has 0 spiro atoms. The smallest absolute Gasteiger partial charge is 0.250 e. The molecule has 3 aromatic rings. The van der Waals surface area contributed by atoms with Crippen molar-refractivity contribution in [1.29, 1.82) is 0 Å². The third kappa shape index (κ3) is 2.03. The first-order chi connectivity index (χ1) is 10.2. The summed E-state index contributed by atoms with van der Waals surface area (Å²) in [5.74, 6) is -0.0716. The Kier molecular flexibility index (Phi) is 2.80. The fraction of sp³-hybridized carbons (Fsp3) is 0.214. The lowest BCUT2D eigenvalue weighted by atomic mass is 10.2. The zero-order valence-electron chi connectivity index (χ0n) is 10.9. The Morgan fingerprint density at radius 2 is 2.29 bits per heavy atom. The number of nitrogens with zero attached hydrogens (tertiary/aromatic N) is 3. The summed E-state index contributed by atoms with van der Waals surface area (Å²) in [6.45, 7) is 1.69. The summed E-state index contributed by atoms with van der Waals surface area (Å²) < 4.78 is 7.26. The summed E-state index contributed by atoms with van der Waals surface area (Å²) in [4.78, 5) is 12.4. The number of nitrogens with one attached hydrogen (secondary N) is 1. The van der Waals surface area contributed by atoms with E-state index < -0.39 is 0 Å². The van der Waals surface area contributed by atoms with E-state index >= 15 is 0 Å². The van der Waals surface area contributed by atoms with Crippen molar-refractivity contribution in [2.24, 2.45) is 0 Å². The molecular formula is C14H11ClN4O2. The van der Waals surface area contributed by atoms with E-state index in [0.29, 0.717) is 10.6 Å². The van der Waals surface area contributed by atoms with Crippen molar-refractivity contribution >= 4 is 28.4 Å². The van der Waals surface area contributed by atoms with Crippen LogP contribution in [0.3, 0.4) is 0 Å². The average molecular weight is 303 g/mol. The first-order valence-electron chi connectivity index (χ1n) is 6.58. The number of hydrogen-bond acceptors (Lipinski definition) is 5. The van der Waals surface area contributed by atoms with E-state index in [0.717, 1.165) is 18.5 Å². The largest absolute Gasteiger partial charge is 0.451 e. The van der Waals surface area contributed by atoms with Gasteiger partial charge in [-0.25, -0.2) is 4.68 Å². The van der Waals surface area contributed by atoms with Crippen molar-refractivity contribution < 1.29 is 9.21 Å². The Bertz CT molecular complexity index is 834. The summed E-state index contributed by atoms with van der Waals surface area (Å²) in [5, 5.41) is 12.3. The molecule has 7 heteroatoms. The Morgan fingerprint density at radius 3 is 3.00 bits per heavy atom. The number of fused-ring (bicyclic) bond motifs is 1. The summed E-state index contributed by atoms with van der Waals surface area (Å²) in [5.41, 5.74) is 0.787. The first-order valence-corrected chi connectivity index (χ1v) is 6.95. The van der Waals surface area contributed by atoms with Crippen molar-refractivity contribution in [1.82, 2.24) is 20.3 Å². The van der Waals surface area contributed by atoms with Gasteiger partial charge in [-0.1, -0.05) is 28.9 Å². The summed E-state index contributed by atoms with van der Waals surface area (Å²) in [6, 6.07) is 7.32. The zero-order valence-corrected chi connectivity index (χ0v) is 11.7. The molecule has 1 N–H and O–H groups in total. The van der Waals surface area contributed by atoms with Crippen LogP contribution >= 0.6 is 11.6 Å². The first kappa shape index (κ1) is 12.6. The van der Waals surface area contributed by atoms with Gasteiger partial charge in [0, 0.05) is 18.5 Å². The molecule has 21 heavy (non-hydrogen) atoms. The van der Waals surface area contributed by atoms with Gasteiger partial charge in [-0.2, -0.15) is 0 Å². The number of para-hydroxylation sites is 1. The second-order valence-electron chi connectivity index (χ2n) is 4.99. The van der Waals surface area contributed by atoms with Gasteiger partial charge >= 0.3 is 0 Å². The lowest BCUT2D eigenvalue weighted by molar-refractivity contribution is 0.101. The highest BCUT2D eigenvalue weighted by molar-refractivity contribution is 6.35. The number of aromatic nitrogens is 3. The molecule has 1 aromatic carbocycles. The third-order valence-corrected chi connectivity index (χ3v) is 3.89. The number of benzene rings is 1. The van der Waals surface area contributed by atoms with Crippen LogP contribution in [0.1, 0.15) is 22.3 Å². The van der Waals surface area contributed by atoms with Crippen LogP contribution in [0, 0.1) is 0 Å². The van der Waals surface area contributed by atoms with Crippen LogP contribution in [0.25, 0.3) is 11.0 Å². The number of carbonyl (C=O) groups is 1. The maximum Gasteiger partial charge on any atom is 0.250 e. The Hall–Kier alpha value is -2.18. The minimum Gasteiger partial charge on any atom is -0.451 e. The summed E-state index contributed by atoms with van der Waals surface area (Å²) in [6.07, 6.45) is 1.66. The predicted molar refractivity (Wildman–Crippen MR) is 76.6 cm³/mol. The second kappa shape index (κ2) is 4.68. The molecule has 2 aromatic heterocycles. The minimum absolute atomic E-state index is 0.219. The van der Waals surface area contributed by atoms with E-state index in [-0.39, 0.29) is 23.3 Å². The van der Waals surface area contributed by atoms with Crippen LogP contribution in [0.15, 0.2) is 34.9 Å². The molecule has 1 aliphatic rings. The molecule has 0 saturated carbocycles. The molecule has 3 heterocycles. The minimum atomic E-state index is -0.291. The monoisotopic (exact) mass is 302 g/mol. The molecule has 0 bridgehead atoms. The zero-order chi connectivity index (χ0) is 14.4. The molecular weight excluding hydrogens is 292 g/mol. The number of hydrogen-bond donors (Lipinski definition) is 1. The number of ketones is 1. The molecule has 0 unspecified atom stereocenters. The normalized spacial score (nSPS) is 15.3. The van der Waals surface area contributed by atoms with E-state index in [1.807, 2.05) is 12.1 Å². The molecule has 106 valence electrons. The Morgan fingerprint density at radius 1 is 1.43 bits per heavy atom. The van der Waals surface area contributed by atoms with Crippen LogP contribution in [-0.4, -0.2) is 33.9 Å². The Labute approximate surface area is 124 Å². The van der Waals surface area contributed by atoms with Crippen molar-refractivity contribution in [2.45, 2.75) is 6.04 Å². The van der Waals surface area contributed by atoms with E-state index in [9.17, 15) is 4.79 Å². The standard InChI is InChI=1S/C14H11ClN4O2/c15-10-3-1-2-8-4-12(21-14(8)10)13(20)11-7-19(18-17-11)9-5-16-6-9/h1-4,7,9,16H,5-6H2. The predicted octanol–water partition coefficient (Wildman–Crippen LogP) is 2.05. The van der Waals surface area contributed by atoms with Crippen LogP contribution in [0.2, 0.25) is 5.02 Å². The molecule has 1 saturated heterocycles. The van der Waals surface area contributed by atoms with Crippen molar-refractivity contribution in [3.05, 3.63) is 46.9 Å². The maximum absolute atomic E-state index is 12.4. The average Bonchev–Trinajstić information content (AvgIpc) is 3.03. The highest BCUT2D eigenvalue weighted by Gasteiger charge is 2.23. The highest BCUT2D eigenvalue weighted by Crippen LogP contribution is 2.27. The van der Waals surface area contributed by atoms with E-state index in [1.54, 1.807) is 23.0 Å². The van der Waals surface area contributed by atoms with Gasteiger partial charge in [0.1, 0.15) is 0 Å². The summed E-state index contributed by atoms with van der Waals surface area (Å²) in [7, 11) is 0. The molecule has 1 fully saturated rings. The van der Waals surface area contributed by atoms with Gasteiger partial charge < -0.3 is 9.73 Å². The fourth-order valence-electron chi connectivity index (χ4n) is 2.29. The fourth-order valence-corrected chi connectivity index (χ4v) is 2.51. The van der Waals surface area contributed by atoms with Crippen LogP contribution < -0.4 is 5.32 Å². The van der Waals surface area contributed by atoms with Gasteiger partial charge in [-0.15, -0.1) is 5.10 Å². The van der Waals surface area contributed by atoms with Gasteiger partial charge in [0.15, 0.2) is 17.0 Å². The number of carbonyl (C=O) groups excluding carboxylic acids is 1. The van der Waals surface area contributed by atoms with E-state index in [4.69, 9.17) is 16.0 Å². The Balaban J connectivity index is 1.69. The SMILES string of the molecule is O=C(c1cn(C2CNC2)nn1)c1cc2cccc(Cl)c2o1. The quantitative estimate of drug-likeness (QED) is 0.750. The lowest BCUT2D eigenvalue weighted by Gasteiger charge is -2.26. The molecule has 0 amide bonds. The summed E-state index contributed by atoms with van der Waals surface area (Å²) >= 11 is 6.05. The third-order valence-electron chi connectivity index (χ3n) is 3.60. The number of halogens is 1. The second-order valence-corrected chi connectivity index (χ2v) is 5.40. The maximum atomic E-state index is 12.4. The molecule has 4 rings (SSSR count). The lowest BCUT2D eigenvalue weighted by Crippen LogP contribution is -2.43. The molecule has 0 radical (unpaired) electrons. The molecule has 0 atom stereocenters. The molecule has 0 aliphatic carbocycles. The van der Waals surface area contributed by atoms with Crippen LogP contribution in [-0.2, 0) is 0 Å². The van der Waals surface area contributed by atoms with Crippen LogP contribution in [0.5, 0.6) is 0 Å². The van der Waals surface area contributed by atoms with Gasteiger partial charge in [0.05, 0.1) is 17.3 Å². The van der Waals surface area contributed by atoms with E-state index in [2.05, 4.69) is 15.6 Å².